The van der Waals surface area contributed by atoms with Crippen LogP contribution in [0.3, 0.4) is 0 Å². The molecule has 0 aromatic carbocycles. The zero-order chi connectivity index (χ0) is 20.8. The van der Waals surface area contributed by atoms with Crippen molar-refractivity contribution in [2.75, 3.05) is 39.4 Å². The third-order valence-electron chi connectivity index (χ3n) is 7.05. The highest BCUT2D eigenvalue weighted by molar-refractivity contribution is 5.77. The molecule has 0 amide bonds. The molecule has 8 nitrogen and oxygen atoms in total. The van der Waals surface area contributed by atoms with Gasteiger partial charge in [0.05, 0.1) is 18.9 Å². The first kappa shape index (κ1) is 19.2. The molecule has 3 aromatic rings. The van der Waals surface area contributed by atoms with Crippen molar-refractivity contribution in [3.8, 4) is 0 Å². The second kappa shape index (κ2) is 7.85. The Bertz CT molecular complexity index is 1150. The Hall–Kier alpha value is -2.55. The average molecular weight is 421 g/mol. The molecule has 31 heavy (non-hydrogen) atoms. The predicted octanol–water partition coefficient (Wildman–Crippen LogP) is 1.57. The maximum Gasteiger partial charge on any atom is 0.255 e. The maximum atomic E-state index is 13.3. The van der Waals surface area contributed by atoms with E-state index in [1.807, 2.05) is 6.07 Å². The summed E-state index contributed by atoms with van der Waals surface area (Å²) in [6.45, 7) is 7.69. The topological polar surface area (TPSA) is 79.3 Å². The van der Waals surface area contributed by atoms with Crippen LogP contribution in [0.1, 0.15) is 29.3 Å². The molecule has 0 spiro atoms. The quantitative estimate of drug-likeness (QED) is 0.690. The lowest BCUT2D eigenvalue weighted by atomic mass is 9.83. The van der Waals surface area contributed by atoms with Crippen LogP contribution in [0.5, 0.6) is 0 Å². The van der Waals surface area contributed by atoms with Gasteiger partial charge in [0, 0.05) is 74.6 Å². The zero-order valence-corrected chi connectivity index (χ0v) is 17.7. The third-order valence-corrected chi connectivity index (χ3v) is 7.05. The minimum absolute atomic E-state index is 0.206. The third kappa shape index (κ3) is 3.58. The van der Waals surface area contributed by atoms with Crippen molar-refractivity contribution in [1.82, 2.24) is 29.5 Å². The number of rotatable bonds is 4. The van der Waals surface area contributed by atoms with Crippen molar-refractivity contribution in [1.29, 1.82) is 0 Å². The van der Waals surface area contributed by atoms with Crippen molar-refractivity contribution in [3.05, 3.63) is 57.8 Å². The summed E-state index contributed by atoms with van der Waals surface area (Å²) in [6.07, 6.45) is 2.95. The summed E-state index contributed by atoms with van der Waals surface area (Å²) < 4.78 is 7.51. The minimum Gasteiger partial charge on any atom is -0.379 e. The first-order chi connectivity index (χ1) is 15.2. The van der Waals surface area contributed by atoms with Gasteiger partial charge in [-0.2, -0.15) is 5.10 Å². The molecule has 162 valence electrons. The Morgan fingerprint density at radius 3 is 2.87 bits per heavy atom. The highest BCUT2D eigenvalue weighted by atomic mass is 16.5. The number of aromatic amines is 1. The number of H-pyrrole nitrogens is 1. The van der Waals surface area contributed by atoms with E-state index in [0.717, 1.165) is 81.3 Å². The van der Waals surface area contributed by atoms with Gasteiger partial charge < -0.3 is 9.30 Å². The second-order valence-corrected chi connectivity index (χ2v) is 9.16. The minimum atomic E-state index is 0.206. The number of hydrogen-bond donors (Lipinski definition) is 1. The number of nitrogens with one attached hydrogen (secondary N) is 1. The van der Waals surface area contributed by atoms with Crippen molar-refractivity contribution in [3.63, 3.8) is 0 Å². The molecular formula is C23H28N6O2. The van der Waals surface area contributed by atoms with Crippen molar-refractivity contribution in [2.24, 2.45) is 5.92 Å². The van der Waals surface area contributed by atoms with Gasteiger partial charge in [-0.05, 0) is 30.5 Å². The number of fused-ring (bicyclic) bond motifs is 5. The molecule has 2 bridgehead atoms. The number of aromatic nitrogens is 4. The summed E-state index contributed by atoms with van der Waals surface area (Å²) in [5, 5.41) is 8.62. The Morgan fingerprint density at radius 1 is 1.06 bits per heavy atom. The van der Waals surface area contributed by atoms with Gasteiger partial charge in [0.1, 0.15) is 0 Å². The van der Waals surface area contributed by atoms with Gasteiger partial charge in [-0.3, -0.25) is 19.7 Å². The van der Waals surface area contributed by atoms with Crippen LogP contribution < -0.4 is 5.56 Å². The van der Waals surface area contributed by atoms with Gasteiger partial charge in [-0.15, -0.1) is 0 Å². The Morgan fingerprint density at radius 2 is 1.97 bits per heavy atom. The lowest BCUT2D eigenvalue weighted by Gasteiger charge is -2.43. The molecule has 2 atom stereocenters. The molecule has 1 N–H and O–H groups in total. The lowest BCUT2D eigenvalue weighted by molar-refractivity contribution is 0.0338. The first-order valence-corrected chi connectivity index (χ1v) is 11.3. The number of hydrogen-bond acceptors (Lipinski definition) is 6. The number of likely N-dealkylation sites (tertiary alicyclic amines) is 1. The van der Waals surface area contributed by atoms with Crippen LogP contribution in [-0.2, 0) is 24.4 Å². The summed E-state index contributed by atoms with van der Waals surface area (Å²) >= 11 is 0. The van der Waals surface area contributed by atoms with Gasteiger partial charge in [0.2, 0.25) is 0 Å². The fourth-order valence-electron chi connectivity index (χ4n) is 5.59. The van der Waals surface area contributed by atoms with Crippen LogP contribution >= 0.6 is 0 Å². The molecular weight excluding hydrogens is 392 g/mol. The van der Waals surface area contributed by atoms with E-state index in [4.69, 9.17) is 4.74 Å². The lowest BCUT2D eigenvalue weighted by Crippen LogP contribution is -2.47. The number of pyridine rings is 2. The predicted molar refractivity (Wildman–Crippen MR) is 117 cm³/mol. The number of ether oxygens (including phenoxy) is 1. The molecule has 0 saturated carbocycles. The Labute approximate surface area is 180 Å². The van der Waals surface area contributed by atoms with E-state index in [9.17, 15) is 4.79 Å². The Balaban J connectivity index is 1.22. The monoisotopic (exact) mass is 420 g/mol. The smallest absolute Gasteiger partial charge is 0.255 e. The van der Waals surface area contributed by atoms with E-state index in [1.165, 1.54) is 12.1 Å². The molecule has 6 rings (SSSR count). The van der Waals surface area contributed by atoms with E-state index in [2.05, 4.69) is 47.7 Å². The molecule has 2 fully saturated rings. The Kier molecular flexibility index (Phi) is 4.85. The fourth-order valence-corrected chi connectivity index (χ4v) is 5.59. The van der Waals surface area contributed by atoms with Gasteiger partial charge in [-0.25, -0.2) is 4.98 Å². The highest BCUT2D eigenvalue weighted by Gasteiger charge is 2.35. The van der Waals surface area contributed by atoms with E-state index < -0.39 is 0 Å². The molecule has 0 radical (unpaired) electrons. The van der Waals surface area contributed by atoms with Crippen molar-refractivity contribution < 1.29 is 4.74 Å². The van der Waals surface area contributed by atoms with Gasteiger partial charge in [0.15, 0.2) is 5.65 Å². The van der Waals surface area contributed by atoms with Gasteiger partial charge in [-0.1, -0.05) is 6.07 Å². The summed E-state index contributed by atoms with van der Waals surface area (Å²) in [6, 6.07) is 8.31. The second-order valence-electron chi connectivity index (χ2n) is 9.16. The number of morpholine rings is 1. The average Bonchev–Trinajstić information content (AvgIpc) is 3.20. The van der Waals surface area contributed by atoms with E-state index in [0.29, 0.717) is 11.8 Å². The van der Waals surface area contributed by atoms with Crippen molar-refractivity contribution >= 4 is 11.0 Å². The number of piperidine rings is 1. The summed E-state index contributed by atoms with van der Waals surface area (Å²) in [5.41, 5.74) is 4.23. The van der Waals surface area contributed by atoms with E-state index in [-0.39, 0.29) is 5.56 Å². The van der Waals surface area contributed by atoms with Crippen LogP contribution in [0, 0.1) is 5.92 Å². The first-order valence-electron chi connectivity index (χ1n) is 11.3. The van der Waals surface area contributed by atoms with Crippen LogP contribution in [0.25, 0.3) is 11.0 Å². The zero-order valence-electron chi connectivity index (χ0n) is 17.7. The maximum absolute atomic E-state index is 13.3. The van der Waals surface area contributed by atoms with Crippen molar-refractivity contribution in [2.45, 2.75) is 32.0 Å². The van der Waals surface area contributed by atoms with Crippen LogP contribution in [0.15, 0.2) is 35.3 Å². The summed E-state index contributed by atoms with van der Waals surface area (Å²) in [7, 11) is 0. The SMILES string of the molecule is O=c1c(CN2CCOCC2)ccc2n1C[C@H]1C[C@@H]2CN(Cc2[nH]nc3ncccc23)C1. The molecule has 3 aliphatic rings. The largest absolute Gasteiger partial charge is 0.379 e. The van der Waals surface area contributed by atoms with Crippen LogP contribution in [0.4, 0.5) is 0 Å². The van der Waals surface area contributed by atoms with E-state index >= 15 is 0 Å². The van der Waals surface area contributed by atoms with Crippen LogP contribution in [0.2, 0.25) is 0 Å². The molecule has 6 heterocycles. The number of nitrogens with zero attached hydrogens (tertiary/aromatic N) is 5. The molecule has 0 aliphatic carbocycles. The van der Waals surface area contributed by atoms with Gasteiger partial charge in [0.25, 0.3) is 5.56 Å². The highest BCUT2D eigenvalue weighted by Crippen LogP contribution is 2.36. The van der Waals surface area contributed by atoms with E-state index in [1.54, 1.807) is 6.20 Å². The standard InChI is InChI=1S/C23H28N6O2/c30-23-17(13-27-6-8-31-9-7-27)3-4-21-18-10-16(12-29(21)23)11-28(14-18)15-20-19-2-1-5-24-22(19)26-25-20/h1-5,16,18H,6-15H2,(H,24,25,26)/t16-,18+/m0/s1. The summed E-state index contributed by atoms with van der Waals surface area (Å²) in [4.78, 5) is 22.4. The fraction of sp³-hybridized carbons (Fsp3) is 0.522. The van der Waals surface area contributed by atoms with Gasteiger partial charge >= 0.3 is 0 Å². The molecule has 0 unspecified atom stereocenters. The van der Waals surface area contributed by atoms with Crippen LogP contribution in [-0.4, -0.2) is 68.9 Å². The molecule has 2 saturated heterocycles. The molecule has 8 heteroatoms. The molecule has 3 aromatic heterocycles. The normalized spacial score (nSPS) is 24.4. The molecule has 3 aliphatic heterocycles. The summed E-state index contributed by atoms with van der Waals surface area (Å²) in [5.74, 6) is 0.917.